The van der Waals surface area contributed by atoms with Gasteiger partial charge in [-0.1, -0.05) is 66.7 Å². The molecule has 8 nitrogen and oxygen atoms in total. The molecule has 2 atom stereocenters. The van der Waals surface area contributed by atoms with Gasteiger partial charge in [0.15, 0.2) is 0 Å². The van der Waals surface area contributed by atoms with Crippen LogP contribution in [0.3, 0.4) is 0 Å². The van der Waals surface area contributed by atoms with Gasteiger partial charge in [-0.05, 0) is 36.4 Å². The highest BCUT2D eigenvalue weighted by Crippen LogP contribution is 2.24. The fourth-order valence-electron chi connectivity index (χ4n) is 4.61. The number of hydrogen-bond donors (Lipinski definition) is 3. The Morgan fingerprint density at radius 3 is 2.60 bits per heavy atom. The van der Waals surface area contributed by atoms with Gasteiger partial charge in [-0.2, -0.15) is 0 Å². The van der Waals surface area contributed by atoms with Crippen LogP contribution in [0.1, 0.15) is 18.4 Å². The summed E-state index contributed by atoms with van der Waals surface area (Å²) in [5.74, 6) is -0.0344. The minimum Gasteiger partial charge on any atom is -0.445 e. The van der Waals surface area contributed by atoms with E-state index in [1.54, 1.807) is 0 Å². The van der Waals surface area contributed by atoms with E-state index in [0.29, 0.717) is 12.5 Å². The lowest BCUT2D eigenvalue weighted by molar-refractivity contribution is -0.130. The number of hydrogen-bond acceptors (Lipinski definition) is 5. The van der Waals surface area contributed by atoms with E-state index in [-0.39, 0.29) is 25.1 Å². The average molecular weight is 475 g/mol. The summed E-state index contributed by atoms with van der Waals surface area (Å²) in [6.45, 7) is 1.93. The smallest absolute Gasteiger partial charge is 0.407 e. The first kappa shape index (κ1) is 24.2. The number of ether oxygens (including phenoxy) is 1. The van der Waals surface area contributed by atoms with Crippen LogP contribution in [0.4, 0.5) is 10.5 Å². The highest BCUT2D eigenvalue weighted by atomic mass is 16.5. The molecule has 0 spiro atoms. The second kappa shape index (κ2) is 12.0. The van der Waals surface area contributed by atoms with Crippen molar-refractivity contribution in [2.75, 3.05) is 25.0 Å². The third kappa shape index (κ3) is 6.36. The van der Waals surface area contributed by atoms with Crippen molar-refractivity contribution in [2.24, 2.45) is 0 Å². The van der Waals surface area contributed by atoms with Crippen molar-refractivity contribution in [3.05, 3.63) is 78.4 Å². The Kier molecular flexibility index (Phi) is 8.30. The zero-order valence-electron chi connectivity index (χ0n) is 19.5. The van der Waals surface area contributed by atoms with E-state index in [4.69, 9.17) is 4.74 Å². The highest BCUT2D eigenvalue weighted by Gasteiger charge is 2.39. The predicted octanol–water partition coefficient (Wildman–Crippen LogP) is 3.28. The molecule has 2 unspecified atom stereocenters. The summed E-state index contributed by atoms with van der Waals surface area (Å²) < 4.78 is 5.09. The van der Waals surface area contributed by atoms with E-state index in [1.807, 2.05) is 77.7 Å². The maximum atomic E-state index is 12.2. The number of nitrogens with one attached hydrogen (secondary N) is 3. The lowest BCUT2D eigenvalue weighted by Gasteiger charge is -2.23. The Balaban J connectivity index is 0.000000189. The van der Waals surface area contributed by atoms with Crippen LogP contribution in [0.15, 0.2) is 72.8 Å². The van der Waals surface area contributed by atoms with Gasteiger partial charge in [-0.3, -0.25) is 9.59 Å². The van der Waals surface area contributed by atoms with E-state index < -0.39 is 6.09 Å². The predicted molar refractivity (Wildman–Crippen MR) is 135 cm³/mol. The number of rotatable bonds is 6. The van der Waals surface area contributed by atoms with Crippen LogP contribution in [0.5, 0.6) is 0 Å². The fourth-order valence-corrected chi connectivity index (χ4v) is 4.61. The number of likely N-dealkylation sites (tertiary alicyclic amines) is 1. The van der Waals surface area contributed by atoms with Gasteiger partial charge in [0.25, 0.3) is 0 Å². The van der Waals surface area contributed by atoms with Crippen LogP contribution in [-0.4, -0.2) is 55.0 Å². The van der Waals surface area contributed by atoms with E-state index in [9.17, 15) is 14.4 Å². The SMILES string of the molecule is O=C(NCC(=O)N1CCC2NCCC21)OCc1ccccc1.O=CNc1cccc2ccccc12. The van der Waals surface area contributed by atoms with Crippen molar-refractivity contribution in [1.82, 2.24) is 15.5 Å². The molecule has 2 saturated heterocycles. The van der Waals surface area contributed by atoms with Gasteiger partial charge >= 0.3 is 6.09 Å². The molecule has 2 fully saturated rings. The summed E-state index contributed by atoms with van der Waals surface area (Å²) in [4.78, 5) is 36.0. The highest BCUT2D eigenvalue weighted by molar-refractivity contribution is 5.97. The van der Waals surface area contributed by atoms with Crippen molar-refractivity contribution in [3.63, 3.8) is 0 Å². The molecule has 182 valence electrons. The summed E-state index contributed by atoms with van der Waals surface area (Å²) in [6, 6.07) is 23.9. The van der Waals surface area contributed by atoms with Crippen LogP contribution in [0.25, 0.3) is 10.8 Å². The zero-order valence-corrected chi connectivity index (χ0v) is 19.5. The minimum absolute atomic E-state index is 0.00313. The number of nitrogens with zero attached hydrogens (tertiary/aromatic N) is 1. The summed E-state index contributed by atoms with van der Waals surface area (Å²) in [5, 5.41) is 10.8. The Bertz CT molecular complexity index is 1150. The summed E-state index contributed by atoms with van der Waals surface area (Å²) in [6.07, 6.45) is 2.13. The fraction of sp³-hybridized carbons (Fsp3) is 0.296. The zero-order chi connectivity index (χ0) is 24.5. The molecule has 2 heterocycles. The lowest BCUT2D eigenvalue weighted by atomic mass is 10.1. The molecule has 0 bridgehead atoms. The first-order chi connectivity index (χ1) is 17.2. The third-order valence-corrected chi connectivity index (χ3v) is 6.31. The van der Waals surface area contributed by atoms with Crippen LogP contribution < -0.4 is 16.0 Å². The van der Waals surface area contributed by atoms with Crippen LogP contribution in [-0.2, 0) is 20.9 Å². The Morgan fingerprint density at radius 2 is 1.77 bits per heavy atom. The van der Waals surface area contributed by atoms with Crippen molar-refractivity contribution in [1.29, 1.82) is 0 Å². The van der Waals surface area contributed by atoms with Crippen molar-refractivity contribution >= 4 is 34.9 Å². The molecular formula is C27H30N4O4. The molecule has 3 aromatic carbocycles. The molecular weight excluding hydrogens is 444 g/mol. The molecule has 2 aliphatic heterocycles. The number of alkyl carbamates (subject to hydrolysis) is 1. The molecule has 0 aliphatic carbocycles. The molecule has 3 aromatic rings. The molecule has 3 N–H and O–H groups in total. The van der Waals surface area contributed by atoms with Crippen LogP contribution >= 0.6 is 0 Å². The number of anilines is 1. The largest absolute Gasteiger partial charge is 0.445 e. The molecule has 0 saturated carbocycles. The minimum atomic E-state index is -0.558. The van der Waals surface area contributed by atoms with Crippen molar-refractivity contribution in [2.45, 2.75) is 31.5 Å². The van der Waals surface area contributed by atoms with Crippen molar-refractivity contribution < 1.29 is 19.1 Å². The van der Waals surface area contributed by atoms with Gasteiger partial charge in [0.05, 0.1) is 0 Å². The molecule has 2 aliphatic rings. The maximum Gasteiger partial charge on any atom is 0.407 e. The van der Waals surface area contributed by atoms with Gasteiger partial charge in [0.2, 0.25) is 12.3 Å². The van der Waals surface area contributed by atoms with Crippen LogP contribution in [0.2, 0.25) is 0 Å². The lowest BCUT2D eigenvalue weighted by Crippen LogP contribution is -2.44. The molecule has 0 radical (unpaired) electrons. The summed E-state index contributed by atoms with van der Waals surface area (Å²) in [7, 11) is 0. The molecule has 0 aromatic heterocycles. The number of benzene rings is 3. The second-order valence-corrected chi connectivity index (χ2v) is 8.50. The number of carbonyl (C=O) groups excluding carboxylic acids is 3. The standard InChI is InChI=1S/C16H21N3O3.C11H9NO/c20-15(19-9-7-13-14(19)6-8-17-13)10-18-16(21)22-11-12-4-2-1-3-5-12;13-8-12-11-7-3-5-9-4-1-2-6-10(9)11/h1-5,13-14,17H,6-11H2,(H,18,21);1-8H,(H,12,13). The third-order valence-electron chi connectivity index (χ3n) is 6.31. The first-order valence-corrected chi connectivity index (χ1v) is 11.8. The Labute approximate surface area is 204 Å². The molecule has 3 amide bonds. The Hall–Kier alpha value is -3.91. The number of fused-ring (bicyclic) bond motifs is 2. The quantitative estimate of drug-likeness (QED) is 0.476. The average Bonchev–Trinajstić information content (AvgIpc) is 3.52. The Morgan fingerprint density at radius 1 is 1.00 bits per heavy atom. The van der Waals surface area contributed by atoms with Gasteiger partial charge in [-0.15, -0.1) is 0 Å². The second-order valence-electron chi connectivity index (χ2n) is 8.50. The molecule has 35 heavy (non-hydrogen) atoms. The van der Waals surface area contributed by atoms with Gasteiger partial charge in [0, 0.05) is 29.7 Å². The summed E-state index contributed by atoms with van der Waals surface area (Å²) >= 11 is 0. The first-order valence-electron chi connectivity index (χ1n) is 11.8. The normalized spacial score (nSPS) is 18.2. The topological polar surface area (TPSA) is 99.8 Å². The van der Waals surface area contributed by atoms with Crippen LogP contribution in [0, 0.1) is 0 Å². The van der Waals surface area contributed by atoms with Crippen molar-refractivity contribution in [3.8, 4) is 0 Å². The maximum absolute atomic E-state index is 12.2. The number of carbonyl (C=O) groups is 3. The van der Waals surface area contributed by atoms with E-state index in [2.05, 4.69) is 16.0 Å². The molecule has 8 heteroatoms. The van der Waals surface area contributed by atoms with E-state index in [1.165, 1.54) is 0 Å². The van der Waals surface area contributed by atoms with Gasteiger partial charge in [0.1, 0.15) is 13.2 Å². The van der Waals surface area contributed by atoms with Gasteiger partial charge < -0.3 is 25.6 Å². The monoisotopic (exact) mass is 474 g/mol. The van der Waals surface area contributed by atoms with E-state index >= 15 is 0 Å². The number of amides is 3. The van der Waals surface area contributed by atoms with E-state index in [0.717, 1.165) is 48.0 Å². The summed E-state index contributed by atoms with van der Waals surface area (Å²) in [5.41, 5.74) is 1.77. The van der Waals surface area contributed by atoms with Gasteiger partial charge in [-0.25, -0.2) is 4.79 Å². The molecule has 5 rings (SSSR count).